The Morgan fingerprint density at radius 3 is 3.05 bits per heavy atom. The van der Waals surface area contributed by atoms with Gasteiger partial charge in [0.05, 0.1) is 18.8 Å². The van der Waals surface area contributed by atoms with E-state index in [1.165, 1.54) is 0 Å². The lowest BCUT2D eigenvalue weighted by atomic mass is 10.2. The molecule has 0 spiro atoms. The summed E-state index contributed by atoms with van der Waals surface area (Å²) >= 11 is 0. The van der Waals surface area contributed by atoms with Gasteiger partial charge in [0.15, 0.2) is 0 Å². The summed E-state index contributed by atoms with van der Waals surface area (Å²) in [4.78, 5) is 11.3. The SMILES string of the molecule is CCCn1ccnc1CN1CCO[C@H](c2ccccn2)C1. The summed E-state index contributed by atoms with van der Waals surface area (Å²) in [5.74, 6) is 1.14. The molecular formula is C16H22N4O. The van der Waals surface area contributed by atoms with Crippen LogP contribution in [0.25, 0.3) is 0 Å². The fourth-order valence-corrected chi connectivity index (χ4v) is 2.73. The number of ether oxygens (including phenoxy) is 1. The summed E-state index contributed by atoms with van der Waals surface area (Å²) in [6.07, 6.45) is 6.97. The van der Waals surface area contributed by atoms with Gasteiger partial charge in [-0.1, -0.05) is 13.0 Å². The van der Waals surface area contributed by atoms with Gasteiger partial charge in [-0.05, 0) is 18.6 Å². The number of aromatic nitrogens is 3. The fraction of sp³-hybridized carbons (Fsp3) is 0.500. The van der Waals surface area contributed by atoms with E-state index < -0.39 is 0 Å². The Hall–Kier alpha value is -1.72. The largest absolute Gasteiger partial charge is 0.369 e. The first kappa shape index (κ1) is 14.2. The average Bonchev–Trinajstić information content (AvgIpc) is 2.96. The van der Waals surface area contributed by atoms with Crippen LogP contribution in [0, 0.1) is 0 Å². The highest BCUT2D eigenvalue weighted by molar-refractivity contribution is 5.08. The van der Waals surface area contributed by atoms with Crippen LogP contribution in [0.1, 0.15) is 31.0 Å². The van der Waals surface area contributed by atoms with Crippen LogP contribution in [0.2, 0.25) is 0 Å². The summed E-state index contributed by atoms with van der Waals surface area (Å²) in [7, 11) is 0. The highest BCUT2D eigenvalue weighted by atomic mass is 16.5. The third-order valence-corrected chi connectivity index (χ3v) is 3.80. The molecule has 0 saturated carbocycles. The summed E-state index contributed by atoms with van der Waals surface area (Å²) < 4.78 is 8.10. The van der Waals surface area contributed by atoms with Crippen molar-refractivity contribution in [2.75, 3.05) is 19.7 Å². The minimum Gasteiger partial charge on any atom is -0.369 e. The number of hydrogen-bond acceptors (Lipinski definition) is 4. The molecule has 0 aromatic carbocycles. The van der Waals surface area contributed by atoms with Crippen molar-refractivity contribution in [1.29, 1.82) is 0 Å². The van der Waals surface area contributed by atoms with Crippen LogP contribution in [-0.4, -0.2) is 39.1 Å². The Kier molecular flexibility index (Phi) is 4.62. The summed E-state index contributed by atoms with van der Waals surface area (Å²) in [5.41, 5.74) is 1.01. The third kappa shape index (κ3) is 3.49. The molecule has 0 radical (unpaired) electrons. The van der Waals surface area contributed by atoms with E-state index in [0.29, 0.717) is 0 Å². The molecule has 5 nitrogen and oxygen atoms in total. The topological polar surface area (TPSA) is 43.2 Å². The number of morpholine rings is 1. The molecule has 0 N–H and O–H groups in total. The van der Waals surface area contributed by atoms with Gasteiger partial charge in [0.2, 0.25) is 0 Å². The van der Waals surface area contributed by atoms with Crippen molar-refractivity contribution >= 4 is 0 Å². The lowest BCUT2D eigenvalue weighted by molar-refractivity contribution is -0.0360. The maximum absolute atomic E-state index is 5.86. The monoisotopic (exact) mass is 286 g/mol. The van der Waals surface area contributed by atoms with Crippen molar-refractivity contribution in [3.8, 4) is 0 Å². The summed E-state index contributed by atoms with van der Waals surface area (Å²) in [6.45, 7) is 6.66. The van der Waals surface area contributed by atoms with Gasteiger partial charge in [0, 0.05) is 38.2 Å². The van der Waals surface area contributed by atoms with Crippen LogP contribution >= 0.6 is 0 Å². The van der Waals surface area contributed by atoms with E-state index in [-0.39, 0.29) is 6.10 Å². The minimum absolute atomic E-state index is 0.0644. The standard InChI is InChI=1S/C16H22N4O/c1-2-8-20-9-7-18-16(20)13-19-10-11-21-15(12-19)14-5-3-4-6-17-14/h3-7,9,15H,2,8,10-13H2,1H3/t15-/m0/s1. The van der Waals surface area contributed by atoms with Gasteiger partial charge in [0.1, 0.15) is 11.9 Å². The zero-order valence-electron chi connectivity index (χ0n) is 12.5. The molecular weight excluding hydrogens is 264 g/mol. The lowest BCUT2D eigenvalue weighted by Crippen LogP contribution is -2.38. The lowest BCUT2D eigenvalue weighted by Gasteiger charge is -2.32. The predicted octanol–water partition coefficient (Wildman–Crippen LogP) is 2.26. The van der Waals surface area contributed by atoms with Crippen LogP contribution in [0.5, 0.6) is 0 Å². The summed E-state index contributed by atoms with van der Waals surface area (Å²) in [6, 6.07) is 5.98. The van der Waals surface area contributed by atoms with Crippen molar-refractivity contribution in [2.24, 2.45) is 0 Å². The van der Waals surface area contributed by atoms with E-state index in [2.05, 4.69) is 32.6 Å². The van der Waals surface area contributed by atoms with E-state index in [0.717, 1.165) is 50.7 Å². The highest BCUT2D eigenvalue weighted by Crippen LogP contribution is 2.21. The number of nitrogens with zero attached hydrogens (tertiary/aromatic N) is 4. The fourth-order valence-electron chi connectivity index (χ4n) is 2.73. The van der Waals surface area contributed by atoms with Gasteiger partial charge in [-0.3, -0.25) is 9.88 Å². The normalized spacial score (nSPS) is 19.8. The zero-order valence-corrected chi connectivity index (χ0v) is 12.5. The van der Waals surface area contributed by atoms with E-state index in [9.17, 15) is 0 Å². The van der Waals surface area contributed by atoms with Crippen molar-refractivity contribution in [2.45, 2.75) is 32.5 Å². The maximum Gasteiger partial charge on any atom is 0.122 e. The molecule has 1 fully saturated rings. The Morgan fingerprint density at radius 2 is 2.24 bits per heavy atom. The number of imidazole rings is 1. The van der Waals surface area contributed by atoms with E-state index >= 15 is 0 Å². The minimum atomic E-state index is 0.0644. The average molecular weight is 286 g/mol. The first-order valence-electron chi connectivity index (χ1n) is 7.61. The van der Waals surface area contributed by atoms with Crippen molar-refractivity contribution in [3.05, 3.63) is 48.3 Å². The van der Waals surface area contributed by atoms with Gasteiger partial charge in [-0.15, -0.1) is 0 Å². The molecule has 0 bridgehead atoms. The van der Waals surface area contributed by atoms with Crippen LogP contribution in [0.15, 0.2) is 36.8 Å². The molecule has 3 rings (SSSR count). The number of aryl methyl sites for hydroxylation is 1. The Morgan fingerprint density at radius 1 is 1.29 bits per heavy atom. The van der Waals surface area contributed by atoms with Gasteiger partial charge in [-0.25, -0.2) is 4.98 Å². The van der Waals surface area contributed by atoms with Crippen LogP contribution in [-0.2, 0) is 17.8 Å². The van der Waals surface area contributed by atoms with Crippen molar-refractivity contribution in [1.82, 2.24) is 19.4 Å². The molecule has 112 valence electrons. The van der Waals surface area contributed by atoms with Gasteiger partial charge < -0.3 is 9.30 Å². The molecule has 3 heterocycles. The van der Waals surface area contributed by atoms with Gasteiger partial charge in [-0.2, -0.15) is 0 Å². The van der Waals surface area contributed by atoms with Crippen molar-refractivity contribution < 1.29 is 4.74 Å². The number of rotatable bonds is 5. The van der Waals surface area contributed by atoms with E-state index in [1.54, 1.807) is 0 Å². The molecule has 1 aliphatic rings. The first-order chi connectivity index (χ1) is 10.4. The second kappa shape index (κ2) is 6.83. The predicted molar refractivity (Wildman–Crippen MR) is 80.7 cm³/mol. The molecule has 1 atom stereocenters. The van der Waals surface area contributed by atoms with Crippen LogP contribution < -0.4 is 0 Å². The van der Waals surface area contributed by atoms with Gasteiger partial charge >= 0.3 is 0 Å². The second-order valence-electron chi connectivity index (χ2n) is 5.39. The molecule has 2 aromatic heterocycles. The Bertz CT molecular complexity index is 554. The molecule has 2 aromatic rings. The smallest absolute Gasteiger partial charge is 0.122 e. The number of pyridine rings is 1. The van der Waals surface area contributed by atoms with Crippen LogP contribution in [0.4, 0.5) is 0 Å². The molecule has 21 heavy (non-hydrogen) atoms. The molecule has 1 saturated heterocycles. The van der Waals surface area contributed by atoms with E-state index in [1.807, 2.05) is 30.6 Å². The Balaban J connectivity index is 1.65. The maximum atomic E-state index is 5.86. The molecule has 5 heteroatoms. The molecule has 0 amide bonds. The highest BCUT2D eigenvalue weighted by Gasteiger charge is 2.23. The van der Waals surface area contributed by atoms with E-state index in [4.69, 9.17) is 4.74 Å². The van der Waals surface area contributed by atoms with Crippen LogP contribution in [0.3, 0.4) is 0 Å². The molecule has 0 aliphatic carbocycles. The van der Waals surface area contributed by atoms with Gasteiger partial charge in [0.25, 0.3) is 0 Å². The first-order valence-corrected chi connectivity index (χ1v) is 7.61. The second-order valence-corrected chi connectivity index (χ2v) is 5.39. The zero-order chi connectivity index (χ0) is 14.5. The molecule has 1 aliphatic heterocycles. The number of hydrogen-bond donors (Lipinski definition) is 0. The third-order valence-electron chi connectivity index (χ3n) is 3.80. The molecule has 0 unspecified atom stereocenters. The Labute approximate surface area is 125 Å². The van der Waals surface area contributed by atoms with Crippen molar-refractivity contribution in [3.63, 3.8) is 0 Å². The summed E-state index contributed by atoms with van der Waals surface area (Å²) in [5, 5.41) is 0. The quantitative estimate of drug-likeness (QED) is 0.845.